The summed E-state index contributed by atoms with van der Waals surface area (Å²) in [6.07, 6.45) is 6.39. The molecule has 0 saturated carbocycles. The first-order valence-corrected chi connectivity index (χ1v) is 9.47. The van der Waals surface area contributed by atoms with Gasteiger partial charge in [-0.05, 0) is 35.6 Å². The van der Waals surface area contributed by atoms with E-state index in [-0.39, 0.29) is 17.9 Å². The van der Waals surface area contributed by atoms with Crippen molar-refractivity contribution in [3.05, 3.63) is 84.4 Å². The van der Waals surface area contributed by atoms with Gasteiger partial charge in [0.2, 0.25) is 5.91 Å². The summed E-state index contributed by atoms with van der Waals surface area (Å²) in [6.45, 7) is 6.36. The van der Waals surface area contributed by atoms with Gasteiger partial charge in [-0.2, -0.15) is 0 Å². The topological polar surface area (TPSA) is 46.9 Å². The number of benzene rings is 2. The standard InChI is InChI=1S/C23H27N3O/c1-17(2)22(26-14-13-24-16-26)20-9-11-21(12-10-20)25-23(27)18(3)15-19-7-5-4-6-8-19/h4-14,16-18,22H,15H2,1-3H3,(H,25,27). The minimum Gasteiger partial charge on any atom is -0.330 e. The molecule has 2 aromatic carbocycles. The van der Waals surface area contributed by atoms with E-state index >= 15 is 0 Å². The normalized spacial score (nSPS) is 13.3. The van der Waals surface area contributed by atoms with Crippen LogP contribution in [0.25, 0.3) is 0 Å². The minimum atomic E-state index is -0.0820. The quantitative estimate of drug-likeness (QED) is 0.647. The van der Waals surface area contributed by atoms with Crippen molar-refractivity contribution >= 4 is 11.6 Å². The molecular formula is C23H27N3O. The average molecular weight is 361 g/mol. The van der Waals surface area contributed by atoms with Crippen molar-refractivity contribution in [1.82, 2.24) is 9.55 Å². The number of amides is 1. The van der Waals surface area contributed by atoms with E-state index in [1.165, 1.54) is 11.1 Å². The lowest BCUT2D eigenvalue weighted by atomic mass is 9.95. The molecule has 2 atom stereocenters. The number of hydrogen-bond donors (Lipinski definition) is 1. The van der Waals surface area contributed by atoms with E-state index in [2.05, 4.69) is 53.0 Å². The van der Waals surface area contributed by atoms with Gasteiger partial charge < -0.3 is 9.88 Å². The van der Waals surface area contributed by atoms with E-state index in [0.717, 1.165) is 12.1 Å². The number of nitrogens with zero attached hydrogens (tertiary/aromatic N) is 2. The number of carbonyl (C=O) groups excluding carboxylic acids is 1. The largest absolute Gasteiger partial charge is 0.330 e. The molecule has 0 aliphatic carbocycles. The second-order valence-electron chi connectivity index (χ2n) is 7.40. The molecule has 1 N–H and O–H groups in total. The SMILES string of the molecule is CC(Cc1ccccc1)C(=O)Nc1ccc(C(C(C)C)n2ccnc2)cc1. The van der Waals surface area contributed by atoms with Crippen LogP contribution in [0.1, 0.15) is 37.9 Å². The summed E-state index contributed by atoms with van der Waals surface area (Å²) < 4.78 is 2.13. The molecule has 0 radical (unpaired) electrons. The van der Waals surface area contributed by atoms with Crippen molar-refractivity contribution in [2.75, 3.05) is 5.32 Å². The third kappa shape index (κ3) is 4.85. The molecule has 4 nitrogen and oxygen atoms in total. The van der Waals surface area contributed by atoms with Crippen LogP contribution in [0.5, 0.6) is 0 Å². The Kier molecular flexibility index (Phi) is 6.07. The van der Waals surface area contributed by atoms with Crippen molar-refractivity contribution in [3.63, 3.8) is 0 Å². The van der Waals surface area contributed by atoms with Crippen LogP contribution in [0.3, 0.4) is 0 Å². The molecule has 0 aliphatic rings. The van der Waals surface area contributed by atoms with Crippen molar-refractivity contribution in [1.29, 1.82) is 0 Å². The molecule has 1 heterocycles. The van der Waals surface area contributed by atoms with E-state index in [1.807, 2.05) is 49.8 Å². The van der Waals surface area contributed by atoms with Crippen LogP contribution >= 0.6 is 0 Å². The number of anilines is 1. The van der Waals surface area contributed by atoms with Crippen LogP contribution in [-0.4, -0.2) is 15.5 Å². The van der Waals surface area contributed by atoms with Gasteiger partial charge in [0.25, 0.3) is 0 Å². The van der Waals surface area contributed by atoms with Gasteiger partial charge in [-0.15, -0.1) is 0 Å². The van der Waals surface area contributed by atoms with Crippen LogP contribution in [0.15, 0.2) is 73.3 Å². The van der Waals surface area contributed by atoms with Gasteiger partial charge in [0.15, 0.2) is 0 Å². The number of imidazole rings is 1. The van der Waals surface area contributed by atoms with Gasteiger partial charge >= 0.3 is 0 Å². The van der Waals surface area contributed by atoms with Crippen LogP contribution in [-0.2, 0) is 11.2 Å². The van der Waals surface area contributed by atoms with Gasteiger partial charge in [-0.3, -0.25) is 4.79 Å². The third-order valence-corrected chi connectivity index (χ3v) is 4.83. The molecule has 0 aliphatic heterocycles. The Bertz CT molecular complexity index is 839. The first kappa shape index (κ1) is 18.9. The summed E-state index contributed by atoms with van der Waals surface area (Å²) in [6, 6.07) is 18.5. The van der Waals surface area contributed by atoms with Gasteiger partial charge in [0.05, 0.1) is 12.4 Å². The molecule has 4 heteroatoms. The molecule has 140 valence electrons. The summed E-state index contributed by atoms with van der Waals surface area (Å²) >= 11 is 0. The molecule has 1 aromatic heterocycles. The Balaban J connectivity index is 1.65. The number of rotatable bonds is 7. The van der Waals surface area contributed by atoms with Crippen LogP contribution in [0, 0.1) is 11.8 Å². The van der Waals surface area contributed by atoms with Gasteiger partial charge in [0.1, 0.15) is 0 Å². The summed E-state index contributed by atoms with van der Waals surface area (Å²) in [5.74, 6) is 0.397. The average Bonchev–Trinajstić information content (AvgIpc) is 3.18. The van der Waals surface area contributed by atoms with E-state index in [0.29, 0.717) is 5.92 Å². The maximum Gasteiger partial charge on any atom is 0.227 e. The lowest BCUT2D eigenvalue weighted by Crippen LogP contribution is -2.22. The molecule has 0 saturated heterocycles. The first-order valence-electron chi connectivity index (χ1n) is 9.47. The minimum absolute atomic E-state index is 0.0432. The second-order valence-corrected chi connectivity index (χ2v) is 7.40. The van der Waals surface area contributed by atoms with Crippen molar-refractivity contribution in [3.8, 4) is 0 Å². The lowest BCUT2D eigenvalue weighted by Gasteiger charge is -2.23. The Morgan fingerprint density at radius 1 is 1.04 bits per heavy atom. The zero-order chi connectivity index (χ0) is 19.2. The van der Waals surface area contributed by atoms with Crippen molar-refractivity contribution < 1.29 is 4.79 Å². The fraction of sp³-hybridized carbons (Fsp3) is 0.304. The summed E-state index contributed by atoms with van der Waals surface area (Å²) in [5.41, 5.74) is 3.21. The highest BCUT2D eigenvalue weighted by molar-refractivity contribution is 5.92. The van der Waals surface area contributed by atoms with E-state index < -0.39 is 0 Å². The van der Waals surface area contributed by atoms with Gasteiger partial charge in [0, 0.05) is 24.0 Å². The highest BCUT2D eigenvalue weighted by Gasteiger charge is 2.18. The summed E-state index contributed by atoms with van der Waals surface area (Å²) in [4.78, 5) is 16.7. The Labute approximate surface area is 161 Å². The van der Waals surface area contributed by atoms with Gasteiger partial charge in [-0.25, -0.2) is 4.98 Å². The van der Waals surface area contributed by atoms with Crippen LogP contribution < -0.4 is 5.32 Å². The maximum absolute atomic E-state index is 12.5. The van der Waals surface area contributed by atoms with Crippen molar-refractivity contribution in [2.24, 2.45) is 11.8 Å². The Morgan fingerprint density at radius 2 is 1.74 bits per heavy atom. The monoisotopic (exact) mass is 361 g/mol. The molecule has 0 bridgehead atoms. The predicted molar refractivity (Wildman–Crippen MR) is 110 cm³/mol. The van der Waals surface area contributed by atoms with E-state index in [4.69, 9.17) is 0 Å². The fourth-order valence-corrected chi connectivity index (χ4v) is 3.42. The molecular weight excluding hydrogens is 334 g/mol. The zero-order valence-electron chi connectivity index (χ0n) is 16.2. The molecule has 1 amide bonds. The van der Waals surface area contributed by atoms with Crippen molar-refractivity contribution in [2.45, 2.75) is 33.2 Å². The highest BCUT2D eigenvalue weighted by atomic mass is 16.1. The number of hydrogen-bond acceptors (Lipinski definition) is 2. The lowest BCUT2D eigenvalue weighted by molar-refractivity contribution is -0.119. The molecule has 2 unspecified atom stereocenters. The molecule has 3 rings (SSSR count). The smallest absolute Gasteiger partial charge is 0.227 e. The van der Waals surface area contributed by atoms with E-state index in [9.17, 15) is 4.79 Å². The molecule has 27 heavy (non-hydrogen) atoms. The maximum atomic E-state index is 12.5. The first-order chi connectivity index (χ1) is 13.0. The fourth-order valence-electron chi connectivity index (χ4n) is 3.42. The van der Waals surface area contributed by atoms with E-state index in [1.54, 1.807) is 6.20 Å². The van der Waals surface area contributed by atoms with Crippen LogP contribution in [0.4, 0.5) is 5.69 Å². The summed E-state index contributed by atoms with van der Waals surface area (Å²) in [5, 5.41) is 3.03. The van der Waals surface area contributed by atoms with Gasteiger partial charge in [-0.1, -0.05) is 63.2 Å². The zero-order valence-corrected chi connectivity index (χ0v) is 16.2. The molecule has 0 spiro atoms. The number of aromatic nitrogens is 2. The summed E-state index contributed by atoms with van der Waals surface area (Å²) in [7, 11) is 0. The Hall–Kier alpha value is -2.88. The Morgan fingerprint density at radius 3 is 2.33 bits per heavy atom. The predicted octanol–water partition coefficient (Wildman–Crippen LogP) is 4.95. The number of carbonyl (C=O) groups is 1. The van der Waals surface area contributed by atoms with Crippen LogP contribution in [0.2, 0.25) is 0 Å². The highest BCUT2D eigenvalue weighted by Crippen LogP contribution is 2.27. The number of nitrogens with one attached hydrogen (secondary N) is 1. The second kappa shape index (κ2) is 8.67. The molecule has 3 aromatic rings. The molecule has 0 fully saturated rings. The third-order valence-electron chi connectivity index (χ3n) is 4.83.